The molecule has 1 N–H and O–H groups in total. The maximum absolute atomic E-state index is 6.07. The van der Waals surface area contributed by atoms with Crippen LogP contribution in [0.2, 0.25) is 0 Å². The van der Waals surface area contributed by atoms with Gasteiger partial charge in [0.1, 0.15) is 0 Å². The first-order chi connectivity index (χ1) is 9.81. The van der Waals surface area contributed by atoms with E-state index < -0.39 is 0 Å². The van der Waals surface area contributed by atoms with Gasteiger partial charge in [0.2, 0.25) is 0 Å². The van der Waals surface area contributed by atoms with Crippen molar-refractivity contribution in [2.45, 2.75) is 69.9 Å². The molecule has 1 saturated carbocycles. The predicted molar refractivity (Wildman–Crippen MR) is 83.0 cm³/mol. The zero-order chi connectivity index (χ0) is 13.8. The van der Waals surface area contributed by atoms with Gasteiger partial charge in [-0.1, -0.05) is 6.92 Å². The Kier molecular flexibility index (Phi) is 5.00. The van der Waals surface area contributed by atoms with Crippen LogP contribution in [0, 0.1) is 5.92 Å². The van der Waals surface area contributed by atoms with Crippen molar-refractivity contribution in [1.29, 1.82) is 0 Å². The SMILES string of the molecule is CCCNCC1CCN(C2CCOC3(CCC3)C2)CC1. The van der Waals surface area contributed by atoms with Crippen molar-refractivity contribution in [3.8, 4) is 0 Å². The van der Waals surface area contributed by atoms with Gasteiger partial charge in [-0.2, -0.15) is 0 Å². The van der Waals surface area contributed by atoms with E-state index in [1.165, 1.54) is 77.5 Å². The Hall–Kier alpha value is -0.120. The summed E-state index contributed by atoms with van der Waals surface area (Å²) >= 11 is 0. The van der Waals surface area contributed by atoms with Crippen molar-refractivity contribution in [2.24, 2.45) is 5.92 Å². The first-order valence-electron chi connectivity index (χ1n) is 8.90. The fourth-order valence-electron chi connectivity index (χ4n) is 4.24. The molecule has 0 bridgehead atoms. The maximum Gasteiger partial charge on any atom is 0.0697 e. The molecule has 3 heteroatoms. The molecule has 3 fully saturated rings. The highest BCUT2D eigenvalue weighted by atomic mass is 16.5. The summed E-state index contributed by atoms with van der Waals surface area (Å²) in [6.45, 7) is 8.31. The van der Waals surface area contributed by atoms with Crippen molar-refractivity contribution < 1.29 is 4.74 Å². The number of hydrogen-bond donors (Lipinski definition) is 1. The van der Waals surface area contributed by atoms with Crippen LogP contribution in [0.25, 0.3) is 0 Å². The Labute approximate surface area is 124 Å². The van der Waals surface area contributed by atoms with Crippen LogP contribution >= 0.6 is 0 Å². The molecule has 1 aliphatic carbocycles. The molecule has 1 atom stereocenters. The van der Waals surface area contributed by atoms with Gasteiger partial charge in [0.15, 0.2) is 0 Å². The summed E-state index contributed by atoms with van der Waals surface area (Å²) in [5, 5.41) is 3.59. The highest BCUT2D eigenvalue weighted by Crippen LogP contribution is 2.43. The van der Waals surface area contributed by atoms with E-state index in [1.54, 1.807) is 0 Å². The van der Waals surface area contributed by atoms with Gasteiger partial charge in [0.05, 0.1) is 5.60 Å². The Morgan fingerprint density at radius 3 is 2.65 bits per heavy atom. The number of hydrogen-bond acceptors (Lipinski definition) is 3. The minimum Gasteiger partial charge on any atom is -0.375 e. The number of piperidine rings is 1. The molecular formula is C17H32N2O. The van der Waals surface area contributed by atoms with E-state index in [-0.39, 0.29) is 0 Å². The Bertz CT molecular complexity index is 295. The van der Waals surface area contributed by atoms with Crippen LogP contribution in [0.1, 0.15) is 58.3 Å². The first kappa shape index (κ1) is 14.8. The summed E-state index contributed by atoms with van der Waals surface area (Å²) in [4.78, 5) is 2.78. The van der Waals surface area contributed by atoms with Gasteiger partial charge >= 0.3 is 0 Å². The second kappa shape index (κ2) is 6.76. The number of nitrogens with zero attached hydrogens (tertiary/aromatic N) is 1. The molecule has 2 saturated heterocycles. The van der Waals surface area contributed by atoms with Gasteiger partial charge in [-0.3, -0.25) is 0 Å². The van der Waals surface area contributed by atoms with Crippen LogP contribution in [0.15, 0.2) is 0 Å². The van der Waals surface area contributed by atoms with E-state index in [2.05, 4.69) is 17.1 Å². The van der Waals surface area contributed by atoms with Crippen LogP contribution in [0.3, 0.4) is 0 Å². The lowest BCUT2D eigenvalue weighted by Crippen LogP contribution is -2.53. The molecule has 2 aliphatic heterocycles. The van der Waals surface area contributed by atoms with Crippen molar-refractivity contribution >= 4 is 0 Å². The van der Waals surface area contributed by atoms with Crippen LogP contribution in [0.4, 0.5) is 0 Å². The van der Waals surface area contributed by atoms with Crippen molar-refractivity contribution in [3.05, 3.63) is 0 Å². The summed E-state index contributed by atoms with van der Waals surface area (Å²) in [5.74, 6) is 0.912. The quantitative estimate of drug-likeness (QED) is 0.784. The lowest BCUT2D eigenvalue weighted by Gasteiger charge is -2.50. The lowest BCUT2D eigenvalue weighted by molar-refractivity contribution is -0.150. The van der Waals surface area contributed by atoms with E-state index >= 15 is 0 Å². The number of likely N-dealkylation sites (tertiary alicyclic amines) is 1. The molecule has 3 rings (SSSR count). The van der Waals surface area contributed by atoms with Crippen LogP contribution in [0.5, 0.6) is 0 Å². The summed E-state index contributed by atoms with van der Waals surface area (Å²) < 4.78 is 6.07. The lowest BCUT2D eigenvalue weighted by atomic mass is 9.73. The molecule has 1 unspecified atom stereocenters. The number of nitrogens with one attached hydrogen (secondary N) is 1. The van der Waals surface area contributed by atoms with Gasteiger partial charge in [-0.25, -0.2) is 0 Å². The van der Waals surface area contributed by atoms with E-state index in [0.29, 0.717) is 5.60 Å². The molecule has 0 amide bonds. The molecule has 0 radical (unpaired) electrons. The monoisotopic (exact) mass is 280 g/mol. The van der Waals surface area contributed by atoms with E-state index in [1.807, 2.05) is 0 Å². The van der Waals surface area contributed by atoms with Gasteiger partial charge in [-0.15, -0.1) is 0 Å². The number of ether oxygens (including phenoxy) is 1. The summed E-state index contributed by atoms with van der Waals surface area (Å²) in [7, 11) is 0. The highest BCUT2D eigenvalue weighted by molar-refractivity contribution is 4.97. The van der Waals surface area contributed by atoms with Crippen molar-refractivity contribution in [1.82, 2.24) is 10.2 Å². The zero-order valence-corrected chi connectivity index (χ0v) is 13.2. The standard InChI is InChI=1S/C17H32N2O/c1-2-9-18-14-15-4-10-19(11-5-15)16-6-12-20-17(13-16)7-3-8-17/h15-16,18H,2-14H2,1H3. The summed E-state index contributed by atoms with van der Waals surface area (Å²) in [6.07, 6.45) is 10.6. The molecule has 2 heterocycles. The molecule has 116 valence electrons. The minimum absolute atomic E-state index is 0.308. The van der Waals surface area contributed by atoms with E-state index in [4.69, 9.17) is 4.74 Å². The van der Waals surface area contributed by atoms with Crippen molar-refractivity contribution in [2.75, 3.05) is 32.8 Å². The maximum atomic E-state index is 6.07. The van der Waals surface area contributed by atoms with Crippen LogP contribution < -0.4 is 5.32 Å². The molecule has 0 aromatic heterocycles. The van der Waals surface area contributed by atoms with Crippen molar-refractivity contribution in [3.63, 3.8) is 0 Å². The van der Waals surface area contributed by atoms with Gasteiger partial charge in [-0.05, 0) is 83.5 Å². The molecular weight excluding hydrogens is 248 g/mol. The molecule has 0 aromatic rings. The van der Waals surface area contributed by atoms with Gasteiger partial charge < -0.3 is 15.0 Å². The van der Waals surface area contributed by atoms with Gasteiger partial charge in [0, 0.05) is 12.6 Å². The summed E-state index contributed by atoms with van der Waals surface area (Å²) in [5.41, 5.74) is 0.308. The second-order valence-corrected chi connectivity index (χ2v) is 7.22. The summed E-state index contributed by atoms with van der Waals surface area (Å²) in [6, 6.07) is 0.814. The normalized spacial score (nSPS) is 31.4. The second-order valence-electron chi connectivity index (χ2n) is 7.22. The van der Waals surface area contributed by atoms with E-state index in [0.717, 1.165) is 18.6 Å². The smallest absolute Gasteiger partial charge is 0.0697 e. The third-order valence-corrected chi connectivity index (χ3v) is 5.76. The average molecular weight is 280 g/mol. The Balaban J connectivity index is 1.41. The molecule has 3 nitrogen and oxygen atoms in total. The molecule has 1 spiro atoms. The third kappa shape index (κ3) is 3.37. The first-order valence-corrected chi connectivity index (χ1v) is 8.90. The zero-order valence-electron chi connectivity index (χ0n) is 13.2. The number of rotatable bonds is 5. The third-order valence-electron chi connectivity index (χ3n) is 5.76. The van der Waals surface area contributed by atoms with Gasteiger partial charge in [0.25, 0.3) is 0 Å². The minimum atomic E-state index is 0.308. The Morgan fingerprint density at radius 1 is 1.20 bits per heavy atom. The van der Waals surface area contributed by atoms with Crippen LogP contribution in [-0.2, 0) is 4.74 Å². The van der Waals surface area contributed by atoms with E-state index in [9.17, 15) is 0 Å². The molecule has 20 heavy (non-hydrogen) atoms. The Morgan fingerprint density at radius 2 is 2.00 bits per heavy atom. The fraction of sp³-hybridized carbons (Fsp3) is 1.00. The topological polar surface area (TPSA) is 24.5 Å². The molecule has 3 aliphatic rings. The largest absolute Gasteiger partial charge is 0.375 e. The average Bonchev–Trinajstić information content (AvgIpc) is 2.47. The fourth-order valence-corrected chi connectivity index (χ4v) is 4.24. The predicted octanol–water partition coefficient (Wildman–Crippen LogP) is 2.80. The van der Waals surface area contributed by atoms with Crippen LogP contribution in [-0.4, -0.2) is 49.3 Å². The molecule has 0 aromatic carbocycles. The highest BCUT2D eigenvalue weighted by Gasteiger charge is 2.44.